The Morgan fingerprint density at radius 2 is 0.792 bits per heavy atom. The summed E-state index contributed by atoms with van der Waals surface area (Å²) in [7, 11) is 1.18. The van der Waals surface area contributed by atoms with Crippen LogP contribution in [0.4, 0.5) is 0 Å². The number of likely N-dealkylation sites (N-methyl/N-ethyl adjacent to an activating group) is 1. The molecule has 0 aromatic carbocycles. The van der Waals surface area contributed by atoms with E-state index in [-0.39, 0.29) is 24.9 Å². The maximum Gasteiger partial charge on any atom is 0.306 e. The number of nitrogens with one attached hydrogen (secondary N) is 1. The summed E-state index contributed by atoms with van der Waals surface area (Å²) in [4.78, 5) is 40.0. The third-order valence-corrected chi connectivity index (χ3v) is 15.4. The Labute approximate surface area is 477 Å². The van der Waals surface area contributed by atoms with Crippen molar-refractivity contribution < 1.29 is 37.3 Å². The van der Waals surface area contributed by atoms with Crippen LogP contribution in [0, 0.1) is 0 Å². The molecule has 0 aromatic heterocycles. The molecule has 10 heteroatoms. The molecular formula is C67H125N2O7P. The Hall–Kier alpha value is -2.29. The fourth-order valence-corrected chi connectivity index (χ4v) is 10.1. The quantitative estimate of drug-likeness (QED) is 0.0212. The largest absolute Gasteiger partial charge is 0.756 e. The van der Waals surface area contributed by atoms with Gasteiger partial charge in [-0.05, 0) is 76.7 Å². The normalized spacial score (nSPS) is 14.0. The van der Waals surface area contributed by atoms with Gasteiger partial charge in [0.15, 0.2) is 0 Å². The molecule has 9 nitrogen and oxygen atoms in total. The van der Waals surface area contributed by atoms with E-state index in [9.17, 15) is 19.0 Å². The molecule has 3 atom stereocenters. The first-order valence-corrected chi connectivity index (χ1v) is 34.1. The predicted molar refractivity (Wildman–Crippen MR) is 330 cm³/mol. The number of hydrogen-bond donors (Lipinski definition) is 1. The maximum absolute atomic E-state index is 13.5. The number of esters is 1. The number of ether oxygens (including phenoxy) is 1. The number of phosphoric acid groups is 1. The molecule has 0 saturated carbocycles. The zero-order valence-corrected chi connectivity index (χ0v) is 52.3. The van der Waals surface area contributed by atoms with Crippen molar-refractivity contribution in [2.45, 2.75) is 315 Å². The lowest BCUT2D eigenvalue weighted by Crippen LogP contribution is -2.47. The average molecular weight is 1100 g/mol. The van der Waals surface area contributed by atoms with Gasteiger partial charge >= 0.3 is 5.97 Å². The Morgan fingerprint density at radius 3 is 1.21 bits per heavy atom. The number of hydrogen-bond acceptors (Lipinski definition) is 7. The molecule has 0 aliphatic rings. The first-order chi connectivity index (χ1) is 37.4. The third-order valence-electron chi connectivity index (χ3n) is 14.5. The van der Waals surface area contributed by atoms with Crippen molar-refractivity contribution in [2.75, 3.05) is 40.9 Å². The Balaban J connectivity index is 5.19. The highest BCUT2D eigenvalue weighted by Crippen LogP contribution is 2.38. The molecule has 0 aromatic rings. The van der Waals surface area contributed by atoms with E-state index in [1.165, 1.54) is 180 Å². The van der Waals surface area contributed by atoms with Gasteiger partial charge in [-0.2, -0.15) is 0 Å². The molecule has 1 N–H and O–H groups in total. The molecule has 0 saturated heterocycles. The molecule has 0 spiro atoms. The minimum Gasteiger partial charge on any atom is -0.756 e. The molecule has 0 rings (SSSR count). The highest BCUT2D eigenvalue weighted by molar-refractivity contribution is 7.45. The van der Waals surface area contributed by atoms with Crippen LogP contribution in [0.5, 0.6) is 0 Å². The van der Waals surface area contributed by atoms with Gasteiger partial charge in [0.2, 0.25) is 5.91 Å². The van der Waals surface area contributed by atoms with E-state index in [0.717, 1.165) is 89.9 Å². The summed E-state index contributed by atoms with van der Waals surface area (Å²) in [5, 5.41) is 3.03. The number of unbranched alkanes of at least 4 members (excludes halogenated alkanes) is 35. The van der Waals surface area contributed by atoms with Crippen LogP contribution in [0.2, 0.25) is 0 Å². The first kappa shape index (κ1) is 74.7. The van der Waals surface area contributed by atoms with Crippen molar-refractivity contribution in [3.8, 4) is 0 Å². The molecular weight excluding hydrogens is 976 g/mol. The molecule has 77 heavy (non-hydrogen) atoms. The van der Waals surface area contributed by atoms with Crippen molar-refractivity contribution in [2.24, 2.45) is 0 Å². The molecule has 0 bridgehead atoms. The second-order valence-electron chi connectivity index (χ2n) is 23.3. The summed E-state index contributed by atoms with van der Waals surface area (Å²) in [6.07, 6.45) is 71.8. The molecule has 0 aliphatic carbocycles. The Kier molecular flexibility index (Phi) is 55.3. The average Bonchev–Trinajstić information content (AvgIpc) is 3.39. The first-order valence-electron chi connectivity index (χ1n) is 32.6. The fraction of sp³-hybridized carbons (Fsp3) is 0.821. The van der Waals surface area contributed by atoms with Crippen molar-refractivity contribution in [3.63, 3.8) is 0 Å². The van der Waals surface area contributed by atoms with Crippen LogP contribution in [-0.2, 0) is 27.9 Å². The molecule has 0 aliphatic heterocycles. The second kappa shape index (κ2) is 57.0. The number of quaternary nitrogens is 1. The van der Waals surface area contributed by atoms with E-state index in [1.54, 1.807) is 0 Å². The van der Waals surface area contributed by atoms with Crippen LogP contribution in [-0.4, -0.2) is 69.4 Å². The molecule has 450 valence electrons. The van der Waals surface area contributed by atoms with E-state index in [0.29, 0.717) is 17.4 Å². The van der Waals surface area contributed by atoms with Gasteiger partial charge in [-0.25, -0.2) is 0 Å². The van der Waals surface area contributed by atoms with Crippen molar-refractivity contribution in [3.05, 3.63) is 60.8 Å². The minimum absolute atomic E-state index is 0.0240. The molecule has 1 amide bonds. The summed E-state index contributed by atoms with van der Waals surface area (Å²) >= 11 is 0. The number of rotatable bonds is 59. The number of phosphoric ester groups is 1. The topological polar surface area (TPSA) is 114 Å². The Morgan fingerprint density at radius 1 is 0.455 bits per heavy atom. The van der Waals surface area contributed by atoms with E-state index in [1.807, 2.05) is 33.3 Å². The van der Waals surface area contributed by atoms with Crippen LogP contribution in [0.15, 0.2) is 60.8 Å². The zero-order chi connectivity index (χ0) is 56.4. The van der Waals surface area contributed by atoms with Crippen molar-refractivity contribution in [1.29, 1.82) is 0 Å². The summed E-state index contributed by atoms with van der Waals surface area (Å²) < 4.78 is 30.4. The highest BCUT2D eigenvalue weighted by atomic mass is 31.2. The van der Waals surface area contributed by atoms with E-state index >= 15 is 0 Å². The van der Waals surface area contributed by atoms with Gasteiger partial charge in [0.25, 0.3) is 7.82 Å². The highest BCUT2D eigenvalue weighted by Gasteiger charge is 2.27. The number of nitrogens with zero attached hydrogens (tertiary/aromatic N) is 1. The van der Waals surface area contributed by atoms with E-state index in [2.05, 4.69) is 74.7 Å². The van der Waals surface area contributed by atoms with Crippen LogP contribution in [0.25, 0.3) is 0 Å². The fourth-order valence-electron chi connectivity index (χ4n) is 9.39. The van der Waals surface area contributed by atoms with Crippen LogP contribution < -0.4 is 10.2 Å². The van der Waals surface area contributed by atoms with Crippen LogP contribution in [0.1, 0.15) is 303 Å². The summed E-state index contributed by atoms with van der Waals surface area (Å²) in [6.45, 7) is 6.83. The summed E-state index contributed by atoms with van der Waals surface area (Å²) in [6, 6.07) is -0.892. The summed E-state index contributed by atoms with van der Waals surface area (Å²) in [5.41, 5.74) is 0. The van der Waals surface area contributed by atoms with Gasteiger partial charge in [-0.1, -0.05) is 275 Å². The van der Waals surface area contributed by atoms with Gasteiger partial charge in [-0.3, -0.25) is 14.2 Å². The van der Waals surface area contributed by atoms with Gasteiger partial charge < -0.3 is 28.5 Å². The smallest absolute Gasteiger partial charge is 0.306 e. The third kappa shape index (κ3) is 58.2. The lowest BCUT2D eigenvalue weighted by atomic mass is 10.0. The maximum atomic E-state index is 13.5. The van der Waals surface area contributed by atoms with Gasteiger partial charge in [-0.15, -0.1) is 0 Å². The van der Waals surface area contributed by atoms with Gasteiger partial charge in [0, 0.05) is 12.8 Å². The number of allylic oxidation sites excluding steroid dienone is 9. The molecule has 0 radical (unpaired) electrons. The lowest BCUT2D eigenvalue weighted by Gasteiger charge is -2.30. The summed E-state index contributed by atoms with van der Waals surface area (Å²) in [5.74, 6) is -0.543. The standard InChI is InChI=1S/C67H125N2O7P/c1-7-10-13-16-19-22-25-28-30-32-33-34-35-36-37-38-40-42-45-48-51-54-57-60-67(71)76-65(58-55-52-49-46-43-27-24-21-18-15-12-9-3)64(63-75-77(72,73)74-62-61-69(4,5)6)68-66(70)59-56-53-50-47-44-41-39-31-29-26-23-20-17-14-11-8-2/h19,22,28,30,33-34,36-37,55,58,64-65H,7-18,20-21,23-27,29,31-32,35,38-54,56-57,59-63H2,1-6H3,(H-,68,70,72,73)/b22-19-,30-28-,34-33-,37-36-,58-55+. The SMILES string of the molecule is CCCCC/C=C\C/C=C\C/C=C\C/C=C\CCCCCCCCCC(=O)OC(/C=C/CCCCCCCCCCCC)C(COP(=O)([O-])OCC[N+](C)(C)C)NC(=O)CCCCCCCCCCCCCCCCCC. The van der Waals surface area contributed by atoms with E-state index < -0.39 is 26.6 Å². The van der Waals surface area contributed by atoms with Crippen LogP contribution in [0.3, 0.4) is 0 Å². The van der Waals surface area contributed by atoms with Gasteiger partial charge in [0.1, 0.15) is 19.3 Å². The van der Waals surface area contributed by atoms with Crippen molar-refractivity contribution >= 4 is 19.7 Å². The molecule has 0 heterocycles. The monoisotopic (exact) mass is 1100 g/mol. The molecule has 0 fully saturated rings. The number of carbonyl (C=O) groups is 2. The van der Waals surface area contributed by atoms with Crippen molar-refractivity contribution in [1.82, 2.24) is 5.32 Å². The zero-order valence-electron chi connectivity index (χ0n) is 51.4. The van der Waals surface area contributed by atoms with E-state index in [4.69, 9.17) is 13.8 Å². The minimum atomic E-state index is -4.70. The predicted octanol–water partition coefficient (Wildman–Crippen LogP) is 19.6. The lowest BCUT2D eigenvalue weighted by molar-refractivity contribution is -0.870. The molecule has 3 unspecified atom stereocenters. The second-order valence-corrected chi connectivity index (χ2v) is 24.7. The van der Waals surface area contributed by atoms with Crippen LogP contribution >= 0.6 is 7.82 Å². The Bertz CT molecular complexity index is 1500. The van der Waals surface area contributed by atoms with Gasteiger partial charge in [0.05, 0.1) is 33.8 Å². The number of amides is 1. The number of carbonyl (C=O) groups excluding carboxylic acids is 2.